The average Bonchev–Trinajstić information content (AvgIpc) is 3.05. The van der Waals surface area contributed by atoms with Crippen LogP contribution in [0.5, 0.6) is 0 Å². The minimum absolute atomic E-state index is 0.0693. The molecular formula is C35H66N2O9. The largest absolute Gasteiger partial charge is 0.481 e. The van der Waals surface area contributed by atoms with Crippen molar-refractivity contribution in [2.24, 2.45) is 22.7 Å². The van der Waals surface area contributed by atoms with E-state index in [4.69, 9.17) is 24.4 Å². The number of hydrogen-bond donors (Lipinski definition) is 4. The van der Waals surface area contributed by atoms with E-state index >= 15 is 0 Å². The van der Waals surface area contributed by atoms with Gasteiger partial charge in [-0.15, -0.1) is 0 Å². The van der Waals surface area contributed by atoms with Crippen LogP contribution in [-0.4, -0.2) is 86.7 Å². The molecule has 2 aliphatic heterocycles. The number of esters is 3. The predicted molar refractivity (Wildman–Crippen MR) is 179 cm³/mol. The summed E-state index contributed by atoms with van der Waals surface area (Å²) >= 11 is 0. The van der Waals surface area contributed by atoms with Crippen molar-refractivity contribution in [1.82, 2.24) is 10.6 Å². The number of ether oxygens (including phenoxy) is 3. The number of piperidine rings is 2. The molecule has 11 heteroatoms. The Hall–Kier alpha value is -2.24. The molecule has 0 bridgehead atoms. The first-order valence-electron chi connectivity index (χ1n) is 17.5. The smallest absolute Gasteiger partial charge is 0.311 e. The summed E-state index contributed by atoms with van der Waals surface area (Å²) in [6, 6.07) is 0. The zero-order chi connectivity index (χ0) is 34.8. The van der Waals surface area contributed by atoms with Crippen molar-refractivity contribution in [3.8, 4) is 0 Å². The second-order valence-electron chi connectivity index (χ2n) is 13.6. The molecule has 11 nitrogen and oxygen atoms in total. The number of aliphatic hydroxyl groups is 1. The maximum atomic E-state index is 11.8. The Balaban J connectivity index is 0.000000737. The highest BCUT2D eigenvalue weighted by molar-refractivity contribution is 5.76. The third-order valence-corrected chi connectivity index (χ3v) is 8.87. The molecule has 0 saturated carbocycles. The van der Waals surface area contributed by atoms with Crippen molar-refractivity contribution in [2.75, 3.05) is 52.6 Å². The van der Waals surface area contributed by atoms with Gasteiger partial charge < -0.3 is 35.1 Å². The van der Waals surface area contributed by atoms with Crippen molar-refractivity contribution in [1.29, 1.82) is 0 Å². The van der Waals surface area contributed by atoms with Gasteiger partial charge in [-0.25, -0.2) is 0 Å². The van der Waals surface area contributed by atoms with Gasteiger partial charge in [0.15, 0.2) is 0 Å². The second kappa shape index (κ2) is 25.8. The molecule has 0 aromatic carbocycles. The zero-order valence-corrected chi connectivity index (χ0v) is 29.8. The van der Waals surface area contributed by atoms with E-state index < -0.39 is 16.8 Å². The number of carboxylic acids is 1. The average molecular weight is 659 g/mol. The van der Waals surface area contributed by atoms with Crippen LogP contribution in [0.1, 0.15) is 125 Å². The highest BCUT2D eigenvalue weighted by Crippen LogP contribution is 2.22. The van der Waals surface area contributed by atoms with Crippen molar-refractivity contribution in [3.63, 3.8) is 0 Å². The number of carbonyl (C=O) groups excluding carboxylic acids is 3. The lowest BCUT2D eigenvalue weighted by Gasteiger charge is -2.22. The maximum absolute atomic E-state index is 11.8. The Morgan fingerprint density at radius 2 is 1.09 bits per heavy atom. The molecule has 270 valence electrons. The molecule has 2 fully saturated rings. The van der Waals surface area contributed by atoms with Gasteiger partial charge in [-0.3, -0.25) is 19.2 Å². The van der Waals surface area contributed by atoms with Crippen molar-refractivity contribution >= 4 is 23.9 Å². The fourth-order valence-corrected chi connectivity index (χ4v) is 4.59. The van der Waals surface area contributed by atoms with Crippen LogP contribution in [-0.2, 0) is 33.4 Å². The number of nitrogens with one attached hydrogen (secondary N) is 2. The molecule has 4 N–H and O–H groups in total. The Bertz CT molecular complexity index is 836. The second-order valence-corrected chi connectivity index (χ2v) is 13.6. The van der Waals surface area contributed by atoms with Crippen molar-refractivity contribution in [3.05, 3.63) is 0 Å². The molecule has 0 atom stereocenters. The first-order valence-corrected chi connectivity index (χ1v) is 17.5. The normalized spacial score (nSPS) is 15.8. The molecule has 2 aliphatic rings. The van der Waals surface area contributed by atoms with Crippen LogP contribution in [0.2, 0.25) is 0 Å². The van der Waals surface area contributed by atoms with E-state index in [1.165, 1.54) is 12.8 Å². The number of hydrogen-bond acceptors (Lipinski definition) is 10. The Labute approximate surface area is 278 Å². The number of carbonyl (C=O) groups is 4. The molecule has 2 heterocycles. The van der Waals surface area contributed by atoms with Crippen LogP contribution >= 0.6 is 0 Å². The first-order chi connectivity index (χ1) is 21.8. The van der Waals surface area contributed by atoms with Gasteiger partial charge in [0.1, 0.15) is 0 Å². The van der Waals surface area contributed by atoms with E-state index in [0.29, 0.717) is 51.4 Å². The minimum atomic E-state index is -0.663. The fourth-order valence-electron chi connectivity index (χ4n) is 4.59. The van der Waals surface area contributed by atoms with Gasteiger partial charge in [-0.05, 0) is 123 Å². The summed E-state index contributed by atoms with van der Waals surface area (Å²) in [5, 5.41) is 23.5. The van der Waals surface area contributed by atoms with Gasteiger partial charge in [-0.1, -0.05) is 13.8 Å². The van der Waals surface area contributed by atoms with E-state index in [0.717, 1.165) is 77.0 Å². The summed E-state index contributed by atoms with van der Waals surface area (Å²) in [6.45, 7) is 16.7. The Kier molecular flexibility index (Phi) is 24.5. The molecule has 0 radical (unpaired) electrons. The van der Waals surface area contributed by atoms with Crippen LogP contribution in [0, 0.1) is 22.7 Å². The summed E-state index contributed by atoms with van der Waals surface area (Å²) in [4.78, 5) is 44.9. The number of aliphatic carboxylic acids is 1. The van der Waals surface area contributed by atoms with E-state index in [1.54, 1.807) is 0 Å². The van der Waals surface area contributed by atoms with Crippen molar-refractivity contribution in [2.45, 2.75) is 125 Å². The molecule has 0 aliphatic carbocycles. The van der Waals surface area contributed by atoms with Crippen LogP contribution in [0.15, 0.2) is 0 Å². The predicted octanol–water partition coefficient (Wildman–Crippen LogP) is 5.27. The molecule has 0 unspecified atom stereocenters. The van der Waals surface area contributed by atoms with E-state index in [9.17, 15) is 19.2 Å². The summed E-state index contributed by atoms with van der Waals surface area (Å²) in [6.07, 6.45) is 11.0. The van der Waals surface area contributed by atoms with Crippen LogP contribution in [0.25, 0.3) is 0 Å². The standard InChI is InChI=1S/C18H33NO4.C9H18O3.C8H15NO2/c1-4-18(2,3)17(21)23-14-6-13-22-16(20)8-5-7-15-9-11-19-12-10-15;1-4-9(2,3)8(11)12-7-5-6-10;10-8(11)2-1-7-3-5-9-6-4-7/h15,19H,4-14H2,1-3H3;10H,4-7H2,1-3H3;7,9H,1-6H2,(H,10,11). The first kappa shape index (κ1) is 43.8. The molecule has 46 heavy (non-hydrogen) atoms. The molecule has 0 spiro atoms. The Morgan fingerprint density at radius 1 is 0.652 bits per heavy atom. The topological polar surface area (TPSA) is 160 Å². The quantitative estimate of drug-likeness (QED) is 0.0863. The molecule has 2 saturated heterocycles. The maximum Gasteiger partial charge on any atom is 0.311 e. The minimum Gasteiger partial charge on any atom is -0.481 e. The van der Waals surface area contributed by atoms with Crippen LogP contribution in [0.4, 0.5) is 0 Å². The number of carboxylic acid groups (broad SMARTS) is 1. The molecule has 0 amide bonds. The summed E-state index contributed by atoms with van der Waals surface area (Å²) in [5.74, 6) is 0.229. The van der Waals surface area contributed by atoms with Gasteiger partial charge in [0, 0.05) is 32.3 Å². The van der Waals surface area contributed by atoms with E-state index in [1.807, 2.05) is 41.5 Å². The molecular weight excluding hydrogens is 592 g/mol. The number of aliphatic hydroxyl groups excluding tert-OH is 1. The summed E-state index contributed by atoms with van der Waals surface area (Å²) in [7, 11) is 0. The van der Waals surface area contributed by atoms with Gasteiger partial charge >= 0.3 is 23.9 Å². The lowest BCUT2D eigenvalue weighted by Crippen LogP contribution is -2.27. The number of rotatable bonds is 18. The SMILES string of the molecule is CCC(C)(C)C(=O)OCCCO.CCC(C)(C)C(=O)OCCCOC(=O)CCCC1CCNCC1.O=C(O)CCC1CCNCC1. The fraction of sp³-hybridized carbons (Fsp3) is 0.886. The highest BCUT2D eigenvalue weighted by Gasteiger charge is 2.27. The van der Waals surface area contributed by atoms with Crippen molar-refractivity contribution < 1.29 is 43.6 Å². The highest BCUT2D eigenvalue weighted by atomic mass is 16.5. The van der Waals surface area contributed by atoms with Gasteiger partial charge in [-0.2, -0.15) is 0 Å². The van der Waals surface area contributed by atoms with Crippen LogP contribution < -0.4 is 10.6 Å². The summed E-state index contributed by atoms with van der Waals surface area (Å²) in [5.41, 5.74) is -0.833. The Morgan fingerprint density at radius 3 is 1.52 bits per heavy atom. The third-order valence-electron chi connectivity index (χ3n) is 8.87. The van der Waals surface area contributed by atoms with Crippen LogP contribution in [0.3, 0.4) is 0 Å². The molecule has 0 aromatic heterocycles. The zero-order valence-electron chi connectivity index (χ0n) is 29.8. The third kappa shape index (κ3) is 22.3. The molecule has 0 aromatic rings. The lowest BCUT2D eigenvalue weighted by molar-refractivity contribution is -0.155. The van der Waals surface area contributed by atoms with E-state index in [-0.39, 0.29) is 24.5 Å². The lowest BCUT2D eigenvalue weighted by atomic mass is 9.91. The van der Waals surface area contributed by atoms with Gasteiger partial charge in [0.25, 0.3) is 0 Å². The molecule has 2 rings (SSSR count). The van der Waals surface area contributed by atoms with Gasteiger partial charge in [0.05, 0.1) is 30.7 Å². The van der Waals surface area contributed by atoms with Gasteiger partial charge in [0.2, 0.25) is 0 Å². The van der Waals surface area contributed by atoms with E-state index in [2.05, 4.69) is 10.6 Å². The summed E-state index contributed by atoms with van der Waals surface area (Å²) < 4.78 is 15.3. The monoisotopic (exact) mass is 658 g/mol.